The number of benzene rings is 1. The molecule has 0 radical (unpaired) electrons. The molecule has 0 bridgehead atoms. The summed E-state index contributed by atoms with van der Waals surface area (Å²) in [4.78, 5) is 15.7. The molecule has 0 fully saturated rings. The average molecular weight is 317 g/mol. The minimum Gasteiger partial charge on any atom is -0.505 e. The van der Waals surface area contributed by atoms with Gasteiger partial charge >= 0.3 is 0 Å². The van der Waals surface area contributed by atoms with E-state index >= 15 is 0 Å². The molecule has 0 spiro atoms. The first-order chi connectivity index (χ1) is 10.6. The van der Waals surface area contributed by atoms with E-state index in [1.54, 1.807) is 30.5 Å². The lowest BCUT2D eigenvalue weighted by Gasteiger charge is -2.19. The van der Waals surface area contributed by atoms with E-state index < -0.39 is 6.04 Å². The second kappa shape index (κ2) is 5.69. The largest absolute Gasteiger partial charge is 0.505 e. The Bertz CT molecular complexity index is 831. The fraction of sp³-hybridized carbons (Fsp3) is 0.125. The molecule has 2 aromatic heterocycles. The van der Waals surface area contributed by atoms with E-state index in [4.69, 9.17) is 16.0 Å². The quantitative estimate of drug-likeness (QED) is 0.776. The molecule has 6 heteroatoms. The molecular weight excluding hydrogens is 304 g/mol. The third-order valence-corrected chi connectivity index (χ3v) is 3.69. The SMILES string of the molecule is CC(=O)NC(c1ccoc1)c1cc(Cl)c2cccnc2c1O. The van der Waals surface area contributed by atoms with Crippen LogP contribution in [0.3, 0.4) is 0 Å². The second-order valence-corrected chi connectivity index (χ2v) is 5.29. The first kappa shape index (κ1) is 14.4. The number of furan rings is 1. The van der Waals surface area contributed by atoms with Gasteiger partial charge in [-0.3, -0.25) is 9.78 Å². The van der Waals surface area contributed by atoms with Crippen LogP contribution in [0.1, 0.15) is 24.1 Å². The maximum Gasteiger partial charge on any atom is 0.217 e. The molecule has 3 aromatic rings. The Hall–Kier alpha value is -2.53. The summed E-state index contributed by atoms with van der Waals surface area (Å²) in [6, 6.07) is 6.30. The van der Waals surface area contributed by atoms with E-state index in [1.807, 2.05) is 0 Å². The summed E-state index contributed by atoms with van der Waals surface area (Å²) in [5, 5.41) is 14.4. The van der Waals surface area contributed by atoms with Crippen molar-refractivity contribution in [2.75, 3.05) is 0 Å². The number of nitrogens with zero attached hydrogens (tertiary/aromatic N) is 1. The summed E-state index contributed by atoms with van der Waals surface area (Å²) < 4.78 is 5.07. The highest BCUT2D eigenvalue weighted by Crippen LogP contribution is 2.38. The number of aromatic nitrogens is 1. The molecule has 0 saturated heterocycles. The molecule has 0 aliphatic heterocycles. The number of aromatic hydroxyl groups is 1. The van der Waals surface area contributed by atoms with Crippen molar-refractivity contribution >= 4 is 28.4 Å². The summed E-state index contributed by atoms with van der Waals surface area (Å²) in [6.45, 7) is 1.41. The molecule has 0 aliphatic rings. The molecule has 1 amide bonds. The maximum atomic E-state index is 11.5. The van der Waals surface area contributed by atoms with Crippen molar-refractivity contribution in [1.29, 1.82) is 0 Å². The molecule has 2 heterocycles. The van der Waals surface area contributed by atoms with Gasteiger partial charge in [0, 0.05) is 29.6 Å². The molecule has 0 aliphatic carbocycles. The molecular formula is C16H13ClN2O3. The Morgan fingerprint density at radius 2 is 2.27 bits per heavy atom. The predicted octanol–water partition coefficient (Wildman–Crippen LogP) is 3.41. The molecule has 0 saturated carbocycles. The van der Waals surface area contributed by atoms with Gasteiger partial charge in [-0.15, -0.1) is 0 Å². The van der Waals surface area contributed by atoms with Crippen molar-refractivity contribution in [2.24, 2.45) is 0 Å². The Morgan fingerprint density at radius 1 is 1.45 bits per heavy atom. The van der Waals surface area contributed by atoms with Crippen LogP contribution in [-0.2, 0) is 4.79 Å². The molecule has 2 N–H and O–H groups in total. The molecule has 5 nitrogen and oxygen atoms in total. The van der Waals surface area contributed by atoms with E-state index in [0.29, 0.717) is 27.1 Å². The number of amides is 1. The highest BCUT2D eigenvalue weighted by molar-refractivity contribution is 6.35. The van der Waals surface area contributed by atoms with Crippen LogP contribution in [0.2, 0.25) is 5.02 Å². The minimum atomic E-state index is -0.569. The van der Waals surface area contributed by atoms with Gasteiger partial charge < -0.3 is 14.8 Å². The highest BCUT2D eigenvalue weighted by Gasteiger charge is 2.23. The zero-order valence-electron chi connectivity index (χ0n) is 11.7. The first-order valence-corrected chi connectivity index (χ1v) is 7.01. The van der Waals surface area contributed by atoms with E-state index in [9.17, 15) is 9.90 Å². The van der Waals surface area contributed by atoms with Crippen LogP contribution in [0.5, 0.6) is 5.75 Å². The second-order valence-electron chi connectivity index (χ2n) is 4.89. The van der Waals surface area contributed by atoms with Crippen molar-refractivity contribution in [3.8, 4) is 5.75 Å². The van der Waals surface area contributed by atoms with Crippen molar-refractivity contribution < 1.29 is 14.3 Å². The summed E-state index contributed by atoms with van der Waals surface area (Å²) in [7, 11) is 0. The topological polar surface area (TPSA) is 75.4 Å². The van der Waals surface area contributed by atoms with Crippen LogP contribution >= 0.6 is 11.6 Å². The predicted molar refractivity (Wildman–Crippen MR) is 82.8 cm³/mol. The van der Waals surface area contributed by atoms with Gasteiger partial charge in [0.1, 0.15) is 11.3 Å². The molecule has 1 aromatic carbocycles. The number of fused-ring (bicyclic) bond motifs is 1. The number of phenolic OH excluding ortho intramolecular Hbond substituents is 1. The van der Waals surface area contributed by atoms with E-state index in [2.05, 4.69) is 10.3 Å². The zero-order valence-corrected chi connectivity index (χ0v) is 12.5. The van der Waals surface area contributed by atoms with Crippen LogP contribution in [0.4, 0.5) is 0 Å². The Morgan fingerprint density at radius 3 is 2.95 bits per heavy atom. The van der Waals surface area contributed by atoms with E-state index in [1.165, 1.54) is 19.5 Å². The molecule has 3 rings (SSSR count). The van der Waals surface area contributed by atoms with Crippen LogP contribution in [-0.4, -0.2) is 16.0 Å². The van der Waals surface area contributed by atoms with E-state index in [-0.39, 0.29) is 11.7 Å². The van der Waals surface area contributed by atoms with Crippen molar-refractivity contribution in [2.45, 2.75) is 13.0 Å². The summed E-state index contributed by atoms with van der Waals surface area (Å²) in [5.74, 6) is -0.247. The number of carbonyl (C=O) groups excluding carboxylic acids is 1. The smallest absolute Gasteiger partial charge is 0.217 e. The molecule has 1 atom stereocenters. The lowest BCUT2D eigenvalue weighted by Crippen LogP contribution is -2.26. The standard InChI is InChI=1S/C16H13ClN2O3/c1-9(20)19-14(10-4-6-22-8-10)12-7-13(17)11-3-2-5-18-15(11)16(12)21/h2-8,14,21H,1H3,(H,19,20). The third-order valence-electron chi connectivity index (χ3n) is 3.38. The Balaban J connectivity index is 2.22. The van der Waals surface area contributed by atoms with Gasteiger partial charge in [-0.2, -0.15) is 0 Å². The van der Waals surface area contributed by atoms with E-state index in [0.717, 1.165) is 0 Å². The Labute approximate surface area is 131 Å². The number of hydrogen-bond acceptors (Lipinski definition) is 4. The van der Waals surface area contributed by atoms with Crippen LogP contribution < -0.4 is 5.32 Å². The van der Waals surface area contributed by atoms with Gasteiger partial charge in [0.15, 0.2) is 0 Å². The van der Waals surface area contributed by atoms with Gasteiger partial charge in [-0.1, -0.05) is 11.6 Å². The summed E-state index contributed by atoms with van der Waals surface area (Å²) >= 11 is 6.29. The fourth-order valence-electron chi connectivity index (χ4n) is 2.41. The molecule has 22 heavy (non-hydrogen) atoms. The monoisotopic (exact) mass is 316 g/mol. The number of carbonyl (C=O) groups is 1. The lowest BCUT2D eigenvalue weighted by molar-refractivity contribution is -0.119. The fourth-order valence-corrected chi connectivity index (χ4v) is 2.68. The summed E-state index contributed by atoms with van der Waals surface area (Å²) in [5.41, 5.74) is 1.56. The van der Waals surface area contributed by atoms with Crippen molar-refractivity contribution in [3.05, 3.63) is 59.1 Å². The van der Waals surface area contributed by atoms with Crippen LogP contribution in [0.15, 0.2) is 47.4 Å². The number of halogens is 1. The minimum absolute atomic E-state index is 0.0139. The normalized spacial score (nSPS) is 12.3. The number of rotatable bonds is 3. The first-order valence-electron chi connectivity index (χ1n) is 6.63. The van der Waals surface area contributed by atoms with Gasteiger partial charge in [0.25, 0.3) is 0 Å². The van der Waals surface area contributed by atoms with Crippen molar-refractivity contribution in [3.63, 3.8) is 0 Å². The lowest BCUT2D eigenvalue weighted by atomic mass is 9.98. The highest BCUT2D eigenvalue weighted by atomic mass is 35.5. The number of hydrogen-bond donors (Lipinski definition) is 2. The van der Waals surface area contributed by atoms with Crippen LogP contribution in [0, 0.1) is 0 Å². The number of phenols is 1. The molecule has 1 unspecified atom stereocenters. The van der Waals surface area contributed by atoms with Gasteiger partial charge in [0.2, 0.25) is 5.91 Å². The van der Waals surface area contributed by atoms with Gasteiger partial charge in [0.05, 0.1) is 23.6 Å². The van der Waals surface area contributed by atoms with Crippen LogP contribution in [0.25, 0.3) is 10.9 Å². The zero-order chi connectivity index (χ0) is 15.7. The maximum absolute atomic E-state index is 11.5. The van der Waals surface area contributed by atoms with Crippen molar-refractivity contribution in [1.82, 2.24) is 10.3 Å². The summed E-state index contributed by atoms with van der Waals surface area (Å²) in [6.07, 6.45) is 4.59. The number of nitrogens with one attached hydrogen (secondary N) is 1. The molecule has 112 valence electrons. The Kier molecular flexibility index (Phi) is 3.73. The third kappa shape index (κ3) is 2.51. The van der Waals surface area contributed by atoms with Gasteiger partial charge in [-0.05, 0) is 24.3 Å². The number of pyridine rings is 1. The average Bonchev–Trinajstić information content (AvgIpc) is 3.03. The van der Waals surface area contributed by atoms with Gasteiger partial charge in [-0.25, -0.2) is 0 Å².